The van der Waals surface area contributed by atoms with Crippen molar-refractivity contribution >= 4 is 0 Å². The largest absolute Gasteiger partial charge is 0.282 e. The van der Waals surface area contributed by atoms with Crippen LogP contribution in [-0.4, -0.2) is 19.7 Å². The van der Waals surface area contributed by atoms with E-state index in [4.69, 9.17) is 0 Å². The molecule has 3 aromatic rings. The van der Waals surface area contributed by atoms with E-state index in [-0.39, 0.29) is 0 Å². The Morgan fingerprint density at radius 2 is 1.95 bits per heavy atom. The zero-order valence-electron chi connectivity index (χ0n) is 12.8. The summed E-state index contributed by atoms with van der Waals surface area (Å²) >= 11 is 0. The van der Waals surface area contributed by atoms with Crippen LogP contribution in [-0.2, 0) is 12.8 Å². The van der Waals surface area contributed by atoms with Gasteiger partial charge in [0.15, 0.2) is 0 Å². The first-order chi connectivity index (χ1) is 10.7. The van der Waals surface area contributed by atoms with Gasteiger partial charge in [-0.3, -0.25) is 9.55 Å². The third-order valence-corrected chi connectivity index (χ3v) is 4.20. The molecule has 4 heteroatoms. The highest BCUT2D eigenvalue weighted by Crippen LogP contribution is 2.31. The minimum absolute atomic E-state index is 0.366. The van der Waals surface area contributed by atoms with E-state index in [1.165, 1.54) is 16.8 Å². The SMILES string of the molecule is CC(C)c1nnc2n1-c1ccc(-c3cccnc3)cc1CC2. The van der Waals surface area contributed by atoms with Crippen LogP contribution in [0, 0.1) is 0 Å². The fourth-order valence-electron chi connectivity index (χ4n) is 3.09. The molecule has 1 aliphatic heterocycles. The van der Waals surface area contributed by atoms with E-state index in [1.54, 1.807) is 6.20 Å². The highest BCUT2D eigenvalue weighted by Gasteiger charge is 2.22. The first-order valence-corrected chi connectivity index (χ1v) is 7.72. The van der Waals surface area contributed by atoms with Crippen molar-refractivity contribution < 1.29 is 0 Å². The Kier molecular flexibility index (Phi) is 3.03. The molecule has 0 saturated carbocycles. The standard InChI is InChI=1S/C18H18N4/c1-12(2)18-21-20-17-8-6-14-10-13(5-7-16(14)22(17)18)15-4-3-9-19-11-15/h3-5,7,9-12H,6,8H2,1-2H3. The summed E-state index contributed by atoms with van der Waals surface area (Å²) in [5.74, 6) is 2.49. The van der Waals surface area contributed by atoms with Gasteiger partial charge in [0.1, 0.15) is 11.6 Å². The molecule has 0 spiro atoms. The Bertz CT molecular complexity index is 818. The summed E-state index contributed by atoms with van der Waals surface area (Å²) in [6, 6.07) is 10.7. The van der Waals surface area contributed by atoms with E-state index >= 15 is 0 Å². The van der Waals surface area contributed by atoms with Gasteiger partial charge in [0.25, 0.3) is 0 Å². The second-order valence-electron chi connectivity index (χ2n) is 6.05. The van der Waals surface area contributed by atoms with Crippen LogP contribution in [0.3, 0.4) is 0 Å². The number of rotatable bonds is 2. The monoisotopic (exact) mass is 290 g/mol. The summed E-state index contributed by atoms with van der Waals surface area (Å²) in [5, 5.41) is 8.74. The summed E-state index contributed by atoms with van der Waals surface area (Å²) in [4.78, 5) is 4.21. The molecule has 0 radical (unpaired) electrons. The molecule has 22 heavy (non-hydrogen) atoms. The second kappa shape index (κ2) is 5.05. The van der Waals surface area contributed by atoms with E-state index in [1.807, 2.05) is 12.3 Å². The lowest BCUT2D eigenvalue weighted by molar-refractivity contribution is 0.710. The summed E-state index contributed by atoms with van der Waals surface area (Å²) in [7, 11) is 0. The smallest absolute Gasteiger partial charge is 0.140 e. The number of fused-ring (bicyclic) bond motifs is 3. The molecule has 0 amide bonds. The number of hydrogen-bond donors (Lipinski definition) is 0. The highest BCUT2D eigenvalue weighted by atomic mass is 15.3. The van der Waals surface area contributed by atoms with E-state index in [0.717, 1.165) is 30.1 Å². The van der Waals surface area contributed by atoms with Gasteiger partial charge in [0.2, 0.25) is 0 Å². The minimum Gasteiger partial charge on any atom is -0.282 e. The lowest BCUT2D eigenvalue weighted by Gasteiger charge is -2.21. The van der Waals surface area contributed by atoms with Gasteiger partial charge in [-0.15, -0.1) is 10.2 Å². The fraction of sp³-hybridized carbons (Fsp3) is 0.278. The highest BCUT2D eigenvalue weighted by molar-refractivity contribution is 5.66. The fourth-order valence-corrected chi connectivity index (χ4v) is 3.09. The number of pyridine rings is 1. The Hall–Kier alpha value is -2.49. The molecule has 0 bridgehead atoms. The lowest BCUT2D eigenvalue weighted by atomic mass is 9.97. The first kappa shape index (κ1) is 13.2. The minimum atomic E-state index is 0.366. The van der Waals surface area contributed by atoms with Crippen molar-refractivity contribution in [3.05, 3.63) is 59.9 Å². The molecule has 0 saturated heterocycles. The summed E-state index contributed by atoms with van der Waals surface area (Å²) in [6.07, 6.45) is 5.68. The Balaban J connectivity index is 1.84. The quantitative estimate of drug-likeness (QED) is 0.725. The van der Waals surface area contributed by atoms with Crippen LogP contribution in [0.1, 0.15) is 37.0 Å². The van der Waals surface area contributed by atoms with Crippen molar-refractivity contribution in [1.29, 1.82) is 0 Å². The summed E-state index contributed by atoms with van der Waals surface area (Å²) < 4.78 is 2.23. The van der Waals surface area contributed by atoms with Crippen molar-refractivity contribution in [3.8, 4) is 16.8 Å². The molecule has 0 N–H and O–H groups in total. The molecular formula is C18H18N4. The van der Waals surface area contributed by atoms with Gasteiger partial charge in [-0.25, -0.2) is 0 Å². The number of aryl methyl sites for hydroxylation is 2. The first-order valence-electron chi connectivity index (χ1n) is 7.72. The maximum Gasteiger partial charge on any atom is 0.140 e. The maximum absolute atomic E-state index is 4.38. The number of hydrogen-bond acceptors (Lipinski definition) is 3. The van der Waals surface area contributed by atoms with Crippen molar-refractivity contribution in [2.24, 2.45) is 0 Å². The molecular weight excluding hydrogens is 272 g/mol. The van der Waals surface area contributed by atoms with Crippen LogP contribution in [0.4, 0.5) is 0 Å². The summed E-state index contributed by atoms with van der Waals surface area (Å²) in [5.41, 5.74) is 4.96. The second-order valence-corrected chi connectivity index (χ2v) is 6.05. The molecule has 0 atom stereocenters. The van der Waals surface area contributed by atoms with Crippen LogP contribution in [0.2, 0.25) is 0 Å². The van der Waals surface area contributed by atoms with Crippen LogP contribution in [0.15, 0.2) is 42.7 Å². The summed E-state index contributed by atoms with van der Waals surface area (Å²) in [6.45, 7) is 4.32. The molecule has 2 aromatic heterocycles. The van der Waals surface area contributed by atoms with Gasteiger partial charge in [-0.05, 0) is 41.3 Å². The average molecular weight is 290 g/mol. The van der Waals surface area contributed by atoms with Gasteiger partial charge in [0, 0.05) is 24.7 Å². The van der Waals surface area contributed by atoms with Gasteiger partial charge >= 0.3 is 0 Å². The van der Waals surface area contributed by atoms with Gasteiger partial charge in [-0.1, -0.05) is 26.0 Å². The Labute approximate surface area is 129 Å². The molecule has 1 aliphatic rings. The van der Waals surface area contributed by atoms with Crippen molar-refractivity contribution in [2.45, 2.75) is 32.6 Å². The zero-order chi connectivity index (χ0) is 15.1. The topological polar surface area (TPSA) is 43.6 Å². The van der Waals surface area contributed by atoms with Gasteiger partial charge < -0.3 is 0 Å². The Morgan fingerprint density at radius 3 is 2.73 bits per heavy atom. The third kappa shape index (κ3) is 2.03. The third-order valence-electron chi connectivity index (χ3n) is 4.20. The molecule has 4 nitrogen and oxygen atoms in total. The van der Waals surface area contributed by atoms with Crippen LogP contribution >= 0.6 is 0 Å². The molecule has 0 fully saturated rings. The van der Waals surface area contributed by atoms with Crippen molar-refractivity contribution in [2.75, 3.05) is 0 Å². The lowest BCUT2D eigenvalue weighted by Crippen LogP contribution is -2.15. The zero-order valence-corrected chi connectivity index (χ0v) is 12.8. The molecule has 0 unspecified atom stereocenters. The number of nitrogens with zero attached hydrogens (tertiary/aromatic N) is 4. The average Bonchev–Trinajstić information content (AvgIpc) is 3.00. The van der Waals surface area contributed by atoms with E-state index in [2.05, 4.69) is 57.9 Å². The Morgan fingerprint density at radius 1 is 1.05 bits per heavy atom. The van der Waals surface area contributed by atoms with Crippen LogP contribution < -0.4 is 0 Å². The predicted octanol–water partition coefficient (Wildman–Crippen LogP) is 3.55. The van der Waals surface area contributed by atoms with E-state index in [9.17, 15) is 0 Å². The molecule has 110 valence electrons. The molecule has 4 rings (SSSR count). The molecule has 1 aromatic carbocycles. The molecule has 0 aliphatic carbocycles. The molecule has 3 heterocycles. The van der Waals surface area contributed by atoms with Crippen LogP contribution in [0.5, 0.6) is 0 Å². The normalized spacial score (nSPS) is 13.0. The number of aromatic nitrogens is 4. The van der Waals surface area contributed by atoms with Crippen molar-refractivity contribution in [3.63, 3.8) is 0 Å². The number of benzene rings is 1. The maximum atomic E-state index is 4.38. The van der Waals surface area contributed by atoms with Crippen molar-refractivity contribution in [1.82, 2.24) is 19.7 Å². The van der Waals surface area contributed by atoms with Gasteiger partial charge in [0.05, 0.1) is 5.69 Å². The predicted molar refractivity (Wildman–Crippen MR) is 86.1 cm³/mol. The van der Waals surface area contributed by atoms with E-state index < -0.39 is 0 Å². The van der Waals surface area contributed by atoms with Crippen LogP contribution in [0.25, 0.3) is 16.8 Å². The van der Waals surface area contributed by atoms with E-state index in [0.29, 0.717) is 5.92 Å². The van der Waals surface area contributed by atoms with Gasteiger partial charge in [-0.2, -0.15) is 0 Å².